The third-order valence-corrected chi connectivity index (χ3v) is 5.16. The van der Waals surface area contributed by atoms with Gasteiger partial charge >= 0.3 is 0 Å². The highest BCUT2D eigenvalue weighted by atomic mass is 16.5. The van der Waals surface area contributed by atoms with E-state index >= 15 is 0 Å². The Morgan fingerprint density at radius 3 is 2.50 bits per heavy atom. The van der Waals surface area contributed by atoms with E-state index in [1.165, 1.54) is 0 Å². The van der Waals surface area contributed by atoms with Crippen molar-refractivity contribution in [3.8, 4) is 22.8 Å². The third kappa shape index (κ3) is 3.80. The van der Waals surface area contributed by atoms with Crippen molar-refractivity contribution >= 4 is 22.5 Å². The van der Waals surface area contributed by atoms with Crippen LogP contribution in [0.5, 0.6) is 11.5 Å². The SMILES string of the molecule is COc1ccc(-c2nn(C(C)C(=O)Nc3cccc(OC)c3)c(=O)c3noc(C)c23)cc1. The van der Waals surface area contributed by atoms with Crippen LogP contribution in [-0.4, -0.2) is 35.1 Å². The Bertz CT molecular complexity index is 1340. The molecule has 0 fully saturated rings. The molecular weight excluding hydrogens is 412 g/mol. The van der Waals surface area contributed by atoms with Crippen molar-refractivity contribution in [3.63, 3.8) is 0 Å². The second kappa shape index (κ2) is 8.54. The van der Waals surface area contributed by atoms with Crippen molar-refractivity contribution in [1.82, 2.24) is 14.9 Å². The molecular formula is C23H22N4O5. The van der Waals surface area contributed by atoms with Gasteiger partial charge in [-0.15, -0.1) is 0 Å². The minimum absolute atomic E-state index is 0.115. The van der Waals surface area contributed by atoms with Gasteiger partial charge in [-0.05, 0) is 50.2 Å². The number of anilines is 1. The molecule has 0 bridgehead atoms. The Balaban J connectivity index is 1.77. The van der Waals surface area contributed by atoms with E-state index in [0.29, 0.717) is 34.0 Å². The molecule has 32 heavy (non-hydrogen) atoms. The fourth-order valence-electron chi connectivity index (χ4n) is 3.38. The molecule has 4 aromatic rings. The smallest absolute Gasteiger partial charge is 0.297 e. The van der Waals surface area contributed by atoms with E-state index in [9.17, 15) is 9.59 Å². The van der Waals surface area contributed by atoms with Gasteiger partial charge in [-0.1, -0.05) is 11.2 Å². The summed E-state index contributed by atoms with van der Waals surface area (Å²) in [5.41, 5.74) is 1.37. The maximum atomic E-state index is 13.1. The summed E-state index contributed by atoms with van der Waals surface area (Å²) in [5.74, 6) is 1.35. The van der Waals surface area contributed by atoms with Crippen molar-refractivity contribution in [2.75, 3.05) is 19.5 Å². The van der Waals surface area contributed by atoms with Gasteiger partial charge in [-0.3, -0.25) is 9.59 Å². The summed E-state index contributed by atoms with van der Waals surface area (Å²) in [6.45, 7) is 3.31. The summed E-state index contributed by atoms with van der Waals surface area (Å²) in [5, 5.41) is 11.8. The number of amides is 1. The lowest BCUT2D eigenvalue weighted by atomic mass is 10.1. The first kappa shape index (κ1) is 21.1. The number of carbonyl (C=O) groups is 1. The van der Waals surface area contributed by atoms with Gasteiger partial charge in [-0.25, -0.2) is 4.68 Å². The Morgan fingerprint density at radius 1 is 1.09 bits per heavy atom. The van der Waals surface area contributed by atoms with Crippen LogP contribution in [0.15, 0.2) is 57.8 Å². The van der Waals surface area contributed by atoms with E-state index in [0.717, 1.165) is 10.2 Å². The van der Waals surface area contributed by atoms with Gasteiger partial charge < -0.3 is 19.3 Å². The second-order valence-corrected chi connectivity index (χ2v) is 7.19. The molecule has 1 atom stereocenters. The van der Waals surface area contributed by atoms with Gasteiger partial charge in [0.15, 0.2) is 5.52 Å². The predicted molar refractivity (Wildman–Crippen MR) is 119 cm³/mol. The van der Waals surface area contributed by atoms with Gasteiger partial charge in [0.05, 0.1) is 19.6 Å². The summed E-state index contributed by atoms with van der Waals surface area (Å²) < 4.78 is 16.8. The van der Waals surface area contributed by atoms with Crippen LogP contribution < -0.4 is 20.3 Å². The normalized spacial score (nSPS) is 11.9. The molecule has 0 radical (unpaired) electrons. The number of rotatable bonds is 6. The topological polar surface area (TPSA) is 108 Å². The van der Waals surface area contributed by atoms with Crippen LogP contribution in [0, 0.1) is 6.92 Å². The molecule has 0 spiro atoms. The molecule has 9 nitrogen and oxygen atoms in total. The number of hydrogen-bond donors (Lipinski definition) is 1. The molecule has 1 N–H and O–H groups in total. The van der Waals surface area contributed by atoms with Crippen molar-refractivity contribution in [2.45, 2.75) is 19.9 Å². The van der Waals surface area contributed by atoms with Crippen molar-refractivity contribution in [3.05, 3.63) is 64.6 Å². The Morgan fingerprint density at radius 2 is 1.81 bits per heavy atom. The number of carbonyl (C=O) groups excluding carboxylic acids is 1. The van der Waals surface area contributed by atoms with Crippen molar-refractivity contribution < 1.29 is 18.8 Å². The zero-order valence-corrected chi connectivity index (χ0v) is 18.1. The van der Waals surface area contributed by atoms with Crippen LogP contribution in [0.1, 0.15) is 18.7 Å². The quantitative estimate of drug-likeness (QED) is 0.494. The zero-order chi connectivity index (χ0) is 22.8. The number of nitrogens with one attached hydrogen (secondary N) is 1. The van der Waals surface area contributed by atoms with Crippen molar-refractivity contribution in [2.24, 2.45) is 0 Å². The molecule has 2 aromatic heterocycles. The number of fused-ring (bicyclic) bond motifs is 1. The molecule has 0 saturated heterocycles. The molecule has 0 saturated carbocycles. The molecule has 4 rings (SSSR count). The molecule has 164 valence electrons. The van der Waals surface area contributed by atoms with Crippen molar-refractivity contribution in [1.29, 1.82) is 0 Å². The van der Waals surface area contributed by atoms with Gasteiger partial charge in [0.25, 0.3) is 5.56 Å². The van der Waals surface area contributed by atoms with Crippen LogP contribution in [0.3, 0.4) is 0 Å². The summed E-state index contributed by atoms with van der Waals surface area (Å²) in [6, 6.07) is 13.3. The maximum Gasteiger partial charge on any atom is 0.297 e. The van der Waals surface area contributed by atoms with E-state index in [2.05, 4.69) is 15.6 Å². The highest BCUT2D eigenvalue weighted by molar-refractivity contribution is 5.95. The van der Waals surface area contributed by atoms with Gasteiger partial charge in [0.2, 0.25) is 5.91 Å². The molecule has 0 aliphatic carbocycles. The van der Waals surface area contributed by atoms with Crippen LogP contribution in [0.2, 0.25) is 0 Å². The fraction of sp³-hybridized carbons (Fsp3) is 0.217. The average molecular weight is 434 g/mol. The van der Waals surface area contributed by atoms with Gasteiger partial charge in [0.1, 0.15) is 29.0 Å². The number of nitrogens with zero attached hydrogens (tertiary/aromatic N) is 3. The minimum atomic E-state index is -0.910. The zero-order valence-electron chi connectivity index (χ0n) is 18.1. The van der Waals surface area contributed by atoms with Gasteiger partial charge in [-0.2, -0.15) is 5.10 Å². The maximum absolute atomic E-state index is 13.1. The second-order valence-electron chi connectivity index (χ2n) is 7.19. The Kier molecular flexibility index (Phi) is 5.63. The monoisotopic (exact) mass is 434 g/mol. The number of methoxy groups -OCH3 is 2. The third-order valence-electron chi connectivity index (χ3n) is 5.16. The number of aromatic nitrogens is 3. The lowest BCUT2D eigenvalue weighted by molar-refractivity contribution is -0.119. The highest BCUT2D eigenvalue weighted by Crippen LogP contribution is 2.29. The number of benzene rings is 2. The molecule has 0 aliphatic heterocycles. The lowest BCUT2D eigenvalue weighted by Gasteiger charge is -2.16. The van der Waals surface area contributed by atoms with Crippen LogP contribution in [0.4, 0.5) is 5.69 Å². The summed E-state index contributed by atoms with van der Waals surface area (Å²) in [6.07, 6.45) is 0. The molecule has 2 aromatic carbocycles. The minimum Gasteiger partial charge on any atom is -0.497 e. The molecule has 1 amide bonds. The summed E-state index contributed by atoms with van der Waals surface area (Å²) in [7, 11) is 3.13. The lowest BCUT2D eigenvalue weighted by Crippen LogP contribution is -2.34. The standard InChI is InChI=1S/C23H22N4O5/c1-13(22(28)24-16-6-5-7-18(12-16)31-4)27-23(29)21-19(14(2)32-26-21)20(25-27)15-8-10-17(30-3)11-9-15/h5-13H,1-4H3,(H,24,28). The van der Waals surface area contributed by atoms with E-state index in [1.807, 2.05) is 12.1 Å². The summed E-state index contributed by atoms with van der Waals surface area (Å²) in [4.78, 5) is 26.0. The number of hydrogen-bond acceptors (Lipinski definition) is 7. The molecule has 9 heteroatoms. The van der Waals surface area contributed by atoms with Crippen LogP contribution in [-0.2, 0) is 4.79 Å². The van der Waals surface area contributed by atoms with Crippen LogP contribution in [0.25, 0.3) is 22.2 Å². The number of aryl methyl sites for hydroxylation is 1. The fourth-order valence-corrected chi connectivity index (χ4v) is 3.38. The van der Waals surface area contributed by atoms with Gasteiger partial charge in [0, 0.05) is 17.3 Å². The number of ether oxygens (including phenoxy) is 2. The molecule has 2 heterocycles. The first-order valence-corrected chi connectivity index (χ1v) is 9.91. The largest absolute Gasteiger partial charge is 0.497 e. The van der Waals surface area contributed by atoms with E-state index in [-0.39, 0.29) is 5.52 Å². The first-order chi connectivity index (χ1) is 15.4. The molecule has 0 aliphatic rings. The van der Waals surface area contributed by atoms with E-state index in [1.54, 1.807) is 64.5 Å². The predicted octanol–water partition coefficient (Wildman–Crippen LogP) is 3.58. The summed E-state index contributed by atoms with van der Waals surface area (Å²) >= 11 is 0. The van der Waals surface area contributed by atoms with Crippen LogP contribution >= 0.6 is 0 Å². The Hall–Kier alpha value is -4.14. The molecule has 1 unspecified atom stereocenters. The van der Waals surface area contributed by atoms with E-state index < -0.39 is 17.5 Å². The van der Waals surface area contributed by atoms with E-state index in [4.69, 9.17) is 14.0 Å². The average Bonchev–Trinajstić information content (AvgIpc) is 3.21. The highest BCUT2D eigenvalue weighted by Gasteiger charge is 2.24. The Labute approximate surface area is 183 Å². The first-order valence-electron chi connectivity index (χ1n) is 9.91.